The highest BCUT2D eigenvalue weighted by atomic mass is 16.3. The Kier molecular flexibility index (Phi) is 7.36. The highest BCUT2D eigenvalue weighted by Crippen LogP contribution is 1.96. The molecule has 2 aromatic heterocycles. The van der Waals surface area contributed by atoms with Crippen molar-refractivity contribution in [3.63, 3.8) is 0 Å². The van der Waals surface area contributed by atoms with Crippen molar-refractivity contribution in [2.24, 2.45) is 0 Å². The summed E-state index contributed by atoms with van der Waals surface area (Å²) in [6.07, 6.45) is 3.20. The average molecular weight is 220 g/mol. The van der Waals surface area contributed by atoms with Crippen LogP contribution in [0.15, 0.2) is 48.8 Å². The molecule has 0 aromatic carbocycles. The Labute approximate surface area is 95.3 Å². The second-order valence-electron chi connectivity index (χ2n) is 2.67. The molecule has 0 atom stereocenters. The minimum Gasteiger partial charge on any atom is -0.493 e. The minimum absolute atomic E-state index is 0. The van der Waals surface area contributed by atoms with Crippen molar-refractivity contribution < 1.29 is 10.2 Å². The van der Waals surface area contributed by atoms with Gasteiger partial charge < -0.3 is 10.2 Å². The Morgan fingerprint density at radius 1 is 0.938 bits per heavy atom. The van der Waals surface area contributed by atoms with Crippen molar-refractivity contribution in [3.8, 4) is 5.88 Å². The first-order valence-electron chi connectivity index (χ1n) is 4.43. The van der Waals surface area contributed by atoms with Crippen LogP contribution in [0.25, 0.3) is 0 Å². The molecule has 4 nitrogen and oxygen atoms in total. The third kappa shape index (κ3) is 5.72. The van der Waals surface area contributed by atoms with Crippen LogP contribution in [0.3, 0.4) is 0 Å². The minimum atomic E-state index is 0. The molecule has 0 saturated heterocycles. The molecule has 0 aliphatic heterocycles. The lowest BCUT2D eigenvalue weighted by atomic mass is 10.4. The van der Waals surface area contributed by atoms with Crippen LogP contribution >= 0.6 is 0 Å². The van der Waals surface area contributed by atoms with Gasteiger partial charge in [-0.25, -0.2) is 4.98 Å². The van der Waals surface area contributed by atoms with Crippen LogP contribution in [0.4, 0.5) is 0 Å². The zero-order chi connectivity index (χ0) is 10.9. The van der Waals surface area contributed by atoms with Crippen LogP contribution in [-0.2, 0) is 6.61 Å². The Balaban J connectivity index is 0.000000267. The molecule has 2 N–H and O–H groups in total. The fourth-order valence-corrected chi connectivity index (χ4v) is 0.845. The molecule has 86 valence electrons. The summed E-state index contributed by atoms with van der Waals surface area (Å²) in [5.74, 6) is 0.0718. The third-order valence-corrected chi connectivity index (χ3v) is 1.54. The van der Waals surface area contributed by atoms with E-state index in [1.54, 1.807) is 24.4 Å². The van der Waals surface area contributed by atoms with Crippen molar-refractivity contribution in [2.45, 2.75) is 14.0 Å². The first kappa shape index (κ1) is 14.1. The molecule has 2 heterocycles. The second kappa shape index (κ2) is 8.38. The first-order valence-corrected chi connectivity index (χ1v) is 4.43. The van der Waals surface area contributed by atoms with E-state index in [1.165, 1.54) is 12.3 Å². The Morgan fingerprint density at radius 3 is 1.81 bits per heavy atom. The number of rotatable bonds is 1. The predicted molar refractivity (Wildman–Crippen MR) is 62.8 cm³/mol. The standard InChI is InChI=1S/C6H7NO.C5H5NO.CH4/c8-5-6-3-1-2-4-7-6;7-5-3-1-2-4-6-5;/h1-4,8H,5H2;1-4H,(H,6,7);1H4. The SMILES string of the molecule is C.OCc1ccccn1.Oc1ccccn1. The van der Waals surface area contributed by atoms with E-state index in [4.69, 9.17) is 10.2 Å². The van der Waals surface area contributed by atoms with E-state index < -0.39 is 0 Å². The average Bonchev–Trinajstić information content (AvgIpc) is 2.32. The number of aliphatic hydroxyl groups is 1. The van der Waals surface area contributed by atoms with Crippen LogP contribution in [-0.4, -0.2) is 20.2 Å². The molecular formula is C12H16N2O2. The number of pyridine rings is 2. The Bertz CT molecular complexity index is 365. The topological polar surface area (TPSA) is 66.2 Å². The summed E-state index contributed by atoms with van der Waals surface area (Å²) in [6.45, 7) is 0.0286. The van der Waals surface area contributed by atoms with E-state index in [1.807, 2.05) is 12.1 Å². The summed E-state index contributed by atoms with van der Waals surface area (Å²) in [5, 5.41) is 17.0. The molecule has 0 fully saturated rings. The quantitative estimate of drug-likeness (QED) is 0.771. The molecule has 0 unspecified atom stereocenters. The molecule has 2 rings (SSSR count). The van der Waals surface area contributed by atoms with E-state index >= 15 is 0 Å². The van der Waals surface area contributed by atoms with E-state index in [0.29, 0.717) is 5.69 Å². The smallest absolute Gasteiger partial charge is 0.210 e. The summed E-state index contributed by atoms with van der Waals surface area (Å²) in [5.41, 5.74) is 0.715. The van der Waals surface area contributed by atoms with Gasteiger partial charge in [0.25, 0.3) is 0 Å². The van der Waals surface area contributed by atoms with E-state index in [9.17, 15) is 0 Å². The Hall–Kier alpha value is -1.94. The van der Waals surface area contributed by atoms with Crippen LogP contribution in [0.1, 0.15) is 13.1 Å². The van der Waals surface area contributed by atoms with Gasteiger partial charge in [0.05, 0.1) is 12.3 Å². The molecule has 0 spiro atoms. The maximum atomic E-state index is 8.52. The molecule has 0 saturated carbocycles. The molecule has 0 amide bonds. The van der Waals surface area contributed by atoms with Gasteiger partial charge in [0.2, 0.25) is 5.88 Å². The molecule has 4 heteroatoms. The molecular weight excluding hydrogens is 204 g/mol. The third-order valence-electron chi connectivity index (χ3n) is 1.54. The van der Waals surface area contributed by atoms with Crippen LogP contribution in [0, 0.1) is 0 Å². The van der Waals surface area contributed by atoms with Gasteiger partial charge in [0, 0.05) is 18.5 Å². The molecule has 0 radical (unpaired) electrons. The number of aliphatic hydroxyl groups excluding tert-OH is 1. The summed E-state index contributed by atoms with van der Waals surface area (Å²) in [4.78, 5) is 7.38. The van der Waals surface area contributed by atoms with Crippen LogP contribution in [0.5, 0.6) is 5.88 Å². The van der Waals surface area contributed by atoms with Gasteiger partial charge in [0.15, 0.2) is 0 Å². The maximum absolute atomic E-state index is 8.52. The molecule has 0 aliphatic carbocycles. The fourth-order valence-electron chi connectivity index (χ4n) is 0.845. The van der Waals surface area contributed by atoms with Gasteiger partial charge in [-0.3, -0.25) is 4.98 Å². The van der Waals surface area contributed by atoms with Crippen molar-refractivity contribution in [2.75, 3.05) is 0 Å². The van der Waals surface area contributed by atoms with Crippen molar-refractivity contribution >= 4 is 0 Å². The van der Waals surface area contributed by atoms with E-state index in [0.717, 1.165) is 0 Å². The summed E-state index contributed by atoms with van der Waals surface area (Å²) in [7, 11) is 0. The van der Waals surface area contributed by atoms with E-state index in [-0.39, 0.29) is 19.9 Å². The molecule has 0 bridgehead atoms. The zero-order valence-electron chi connectivity index (χ0n) is 8.11. The van der Waals surface area contributed by atoms with E-state index in [2.05, 4.69) is 9.97 Å². The fraction of sp³-hybridized carbons (Fsp3) is 0.167. The molecule has 0 aliphatic rings. The number of nitrogens with zero attached hydrogens (tertiary/aromatic N) is 2. The van der Waals surface area contributed by atoms with Crippen LogP contribution in [0.2, 0.25) is 0 Å². The monoisotopic (exact) mass is 220 g/mol. The van der Waals surface area contributed by atoms with Crippen molar-refractivity contribution in [3.05, 3.63) is 54.5 Å². The van der Waals surface area contributed by atoms with Gasteiger partial charge in [-0.15, -0.1) is 0 Å². The number of hydrogen-bond donors (Lipinski definition) is 2. The summed E-state index contributed by atoms with van der Waals surface area (Å²) in [6, 6.07) is 10.4. The van der Waals surface area contributed by atoms with Gasteiger partial charge in [0.1, 0.15) is 0 Å². The Morgan fingerprint density at radius 2 is 1.56 bits per heavy atom. The highest BCUT2D eigenvalue weighted by molar-refractivity contribution is 5.06. The summed E-state index contributed by atoms with van der Waals surface area (Å²) >= 11 is 0. The second-order valence-corrected chi connectivity index (χ2v) is 2.67. The number of hydrogen-bond acceptors (Lipinski definition) is 4. The highest BCUT2D eigenvalue weighted by Gasteiger charge is 1.82. The molecule has 2 aromatic rings. The predicted octanol–water partition coefficient (Wildman–Crippen LogP) is 2.00. The van der Waals surface area contributed by atoms with Gasteiger partial charge in [-0.1, -0.05) is 19.6 Å². The van der Waals surface area contributed by atoms with Gasteiger partial charge in [-0.05, 0) is 18.2 Å². The van der Waals surface area contributed by atoms with Gasteiger partial charge >= 0.3 is 0 Å². The number of aromatic nitrogens is 2. The first-order chi connectivity index (χ1) is 7.33. The van der Waals surface area contributed by atoms with Crippen molar-refractivity contribution in [1.29, 1.82) is 0 Å². The van der Waals surface area contributed by atoms with Crippen molar-refractivity contribution in [1.82, 2.24) is 9.97 Å². The summed E-state index contributed by atoms with van der Waals surface area (Å²) < 4.78 is 0. The largest absolute Gasteiger partial charge is 0.493 e. The van der Waals surface area contributed by atoms with Crippen LogP contribution < -0.4 is 0 Å². The lowest BCUT2D eigenvalue weighted by molar-refractivity contribution is 0.277. The maximum Gasteiger partial charge on any atom is 0.210 e. The molecule has 16 heavy (non-hydrogen) atoms. The lowest BCUT2D eigenvalue weighted by Crippen LogP contribution is -1.84. The normalized spacial score (nSPS) is 8.31. The number of aromatic hydroxyl groups is 1. The van der Waals surface area contributed by atoms with Gasteiger partial charge in [-0.2, -0.15) is 0 Å². The lowest BCUT2D eigenvalue weighted by Gasteiger charge is -1.88. The zero-order valence-corrected chi connectivity index (χ0v) is 8.11.